The maximum Gasteiger partial charge on any atom is 0.169 e. The zero-order valence-electron chi connectivity index (χ0n) is 17.5. The summed E-state index contributed by atoms with van der Waals surface area (Å²) in [4.78, 5) is 2.15. The van der Waals surface area contributed by atoms with Gasteiger partial charge in [-0.15, -0.1) is 12.4 Å². The van der Waals surface area contributed by atoms with E-state index in [1.807, 2.05) is 30.3 Å². The summed E-state index contributed by atoms with van der Waals surface area (Å²) in [6, 6.07) is 20.5. The molecule has 0 radical (unpaired) electrons. The van der Waals surface area contributed by atoms with Crippen LogP contribution < -0.4 is 19.5 Å². The number of fused-ring (bicyclic) bond motifs is 1. The normalized spacial score (nSPS) is 12.3. The maximum absolute atomic E-state index is 5.87. The van der Waals surface area contributed by atoms with Gasteiger partial charge < -0.3 is 24.4 Å². The van der Waals surface area contributed by atoms with Crippen molar-refractivity contribution in [3.05, 3.63) is 66.2 Å². The molecule has 0 bridgehead atoms. The molecule has 3 aromatic rings. The Morgan fingerprint density at radius 1 is 0.967 bits per heavy atom. The van der Waals surface area contributed by atoms with Crippen LogP contribution in [0.4, 0.5) is 11.4 Å². The van der Waals surface area contributed by atoms with Gasteiger partial charge in [0.15, 0.2) is 11.5 Å². The molecule has 6 heteroatoms. The zero-order valence-corrected chi connectivity index (χ0v) is 18.3. The molecule has 0 aliphatic carbocycles. The van der Waals surface area contributed by atoms with Gasteiger partial charge in [-0.25, -0.2) is 0 Å². The van der Waals surface area contributed by atoms with E-state index in [2.05, 4.69) is 54.6 Å². The Balaban J connectivity index is 0.00000256. The highest BCUT2D eigenvalue weighted by Crippen LogP contribution is 2.42. The minimum absolute atomic E-state index is 0. The van der Waals surface area contributed by atoms with E-state index in [9.17, 15) is 0 Å². The van der Waals surface area contributed by atoms with Crippen LogP contribution in [0.25, 0.3) is 11.1 Å². The van der Waals surface area contributed by atoms with E-state index in [1.54, 1.807) is 7.11 Å². The van der Waals surface area contributed by atoms with Crippen LogP contribution in [-0.2, 0) is 6.54 Å². The van der Waals surface area contributed by atoms with Gasteiger partial charge in [0.2, 0.25) is 0 Å². The number of hydrogen-bond donors (Lipinski definition) is 1. The van der Waals surface area contributed by atoms with E-state index < -0.39 is 0 Å². The lowest BCUT2D eigenvalue weighted by Crippen LogP contribution is -2.15. The SMILES string of the molecule is COc1cc(-c2cccc3c2OCCO3)ccc1Nc1cccc(CN(C)C)c1.Cl. The van der Waals surface area contributed by atoms with Crippen molar-refractivity contribution in [2.75, 3.05) is 39.7 Å². The van der Waals surface area contributed by atoms with Crippen LogP contribution in [0.1, 0.15) is 5.56 Å². The fourth-order valence-electron chi connectivity index (χ4n) is 3.53. The minimum atomic E-state index is 0. The summed E-state index contributed by atoms with van der Waals surface area (Å²) < 4.78 is 17.3. The topological polar surface area (TPSA) is 43.0 Å². The van der Waals surface area contributed by atoms with Crippen LogP contribution in [0, 0.1) is 0 Å². The smallest absolute Gasteiger partial charge is 0.169 e. The first-order valence-corrected chi connectivity index (χ1v) is 9.72. The van der Waals surface area contributed by atoms with Crippen LogP contribution >= 0.6 is 12.4 Å². The molecule has 158 valence electrons. The van der Waals surface area contributed by atoms with Crippen molar-refractivity contribution in [1.82, 2.24) is 4.90 Å². The molecule has 1 heterocycles. The van der Waals surface area contributed by atoms with Gasteiger partial charge in [-0.05, 0) is 55.6 Å². The molecule has 0 unspecified atom stereocenters. The average molecular weight is 427 g/mol. The first-order valence-electron chi connectivity index (χ1n) is 9.72. The molecule has 4 rings (SSSR count). The molecule has 0 fully saturated rings. The lowest BCUT2D eigenvalue weighted by Gasteiger charge is -2.21. The summed E-state index contributed by atoms with van der Waals surface area (Å²) in [5.41, 5.74) is 5.23. The molecule has 30 heavy (non-hydrogen) atoms. The second-order valence-corrected chi connectivity index (χ2v) is 7.31. The van der Waals surface area contributed by atoms with Crippen molar-refractivity contribution in [3.8, 4) is 28.4 Å². The number of para-hydroxylation sites is 1. The minimum Gasteiger partial charge on any atom is -0.495 e. The molecule has 0 spiro atoms. The number of methoxy groups -OCH3 is 1. The highest BCUT2D eigenvalue weighted by molar-refractivity contribution is 5.85. The molecule has 3 aromatic carbocycles. The Morgan fingerprint density at radius 3 is 2.57 bits per heavy atom. The molecular weight excluding hydrogens is 400 g/mol. The van der Waals surface area contributed by atoms with Gasteiger partial charge in [0.25, 0.3) is 0 Å². The van der Waals surface area contributed by atoms with Crippen LogP contribution in [0.15, 0.2) is 60.7 Å². The summed E-state index contributed by atoms with van der Waals surface area (Å²) in [5, 5.41) is 3.48. The predicted molar refractivity (Wildman–Crippen MR) is 124 cm³/mol. The third kappa shape index (κ3) is 4.81. The van der Waals surface area contributed by atoms with Gasteiger partial charge in [0, 0.05) is 17.8 Å². The standard InChI is InChI=1S/C24H26N2O3.ClH/c1-26(2)16-17-6-4-7-19(14-17)25-21-11-10-18(15-23(21)27-3)20-8-5-9-22-24(20)29-13-12-28-22;/h4-11,14-15,25H,12-13,16H2,1-3H3;1H. The monoisotopic (exact) mass is 426 g/mol. The van der Waals surface area contributed by atoms with Crippen molar-refractivity contribution < 1.29 is 14.2 Å². The number of anilines is 2. The fraction of sp³-hybridized carbons (Fsp3) is 0.250. The molecule has 1 aliphatic rings. The average Bonchev–Trinajstić information content (AvgIpc) is 2.73. The number of hydrogen-bond acceptors (Lipinski definition) is 5. The number of ether oxygens (including phenoxy) is 3. The molecular formula is C24H27ClN2O3. The van der Waals surface area contributed by atoms with Crippen molar-refractivity contribution in [1.29, 1.82) is 0 Å². The maximum atomic E-state index is 5.87. The van der Waals surface area contributed by atoms with Gasteiger partial charge >= 0.3 is 0 Å². The first-order chi connectivity index (χ1) is 14.1. The van der Waals surface area contributed by atoms with E-state index in [1.165, 1.54) is 5.56 Å². The lowest BCUT2D eigenvalue weighted by atomic mass is 10.0. The number of nitrogens with zero attached hydrogens (tertiary/aromatic N) is 1. The van der Waals surface area contributed by atoms with Crippen molar-refractivity contribution >= 4 is 23.8 Å². The molecule has 0 atom stereocenters. The predicted octanol–water partition coefficient (Wildman–Crippen LogP) is 5.36. The number of rotatable bonds is 6. The third-order valence-electron chi connectivity index (χ3n) is 4.78. The van der Waals surface area contributed by atoms with Gasteiger partial charge in [-0.3, -0.25) is 0 Å². The van der Waals surface area contributed by atoms with Gasteiger partial charge in [0.05, 0.1) is 12.8 Å². The molecule has 0 saturated carbocycles. The van der Waals surface area contributed by atoms with Gasteiger partial charge in [-0.2, -0.15) is 0 Å². The number of nitrogens with one attached hydrogen (secondary N) is 1. The van der Waals surface area contributed by atoms with Crippen LogP contribution in [-0.4, -0.2) is 39.3 Å². The van der Waals surface area contributed by atoms with Crippen molar-refractivity contribution in [2.24, 2.45) is 0 Å². The molecule has 5 nitrogen and oxygen atoms in total. The largest absolute Gasteiger partial charge is 0.495 e. The highest BCUT2D eigenvalue weighted by atomic mass is 35.5. The van der Waals surface area contributed by atoms with Gasteiger partial charge in [-0.1, -0.05) is 30.3 Å². The number of halogens is 1. The number of benzene rings is 3. The van der Waals surface area contributed by atoms with Crippen molar-refractivity contribution in [2.45, 2.75) is 6.54 Å². The second-order valence-electron chi connectivity index (χ2n) is 7.31. The van der Waals surface area contributed by atoms with E-state index in [0.29, 0.717) is 13.2 Å². The van der Waals surface area contributed by atoms with E-state index in [0.717, 1.165) is 46.3 Å². The van der Waals surface area contributed by atoms with Crippen LogP contribution in [0.2, 0.25) is 0 Å². The molecule has 0 amide bonds. The van der Waals surface area contributed by atoms with Crippen LogP contribution in [0.3, 0.4) is 0 Å². The van der Waals surface area contributed by atoms with E-state index in [4.69, 9.17) is 14.2 Å². The summed E-state index contributed by atoms with van der Waals surface area (Å²) >= 11 is 0. The van der Waals surface area contributed by atoms with E-state index >= 15 is 0 Å². The van der Waals surface area contributed by atoms with Crippen molar-refractivity contribution in [3.63, 3.8) is 0 Å². The summed E-state index contributed by atoms with van der Waals surface area (Å²) in [6.07, 6.45) is 0. The summed E-state index contributed by atoms with van der Waals surface area (Å²) in [5.74, 6) is 2.35. The fourth-order valence-corrected chi connectivity index (χ4v) is 3.53. The molecule has 1 N–H and O–H groups in total. The lowest BCUT2D eigenvalue weighted by molar-refractivity contribution is 0.172. The van der Waals surface area contributed by atoms with E-state index in [-0.39, 0.29) is 12.4 Å². The summed E-state index contributed by atoms with van der Waals surface area (Å²) in [7, 11) is 5.82. The first kappa shape index (κ1) is 21.8. The third-order valence-corrected chi connectivity index (χ3v) is 4.78. The Labute approximate surface area is 184 Å². The summed E-state index contributed by atoms with van der Waals surface area (Å²) in [6.45, 7) is 2.03. The molecule has 0 saturated heterocycles. The Kier molecular flexibility index (Phi) is 7.08. The second kappa shape index (κ2) is 9.74. The zero-order chi connectivity index (χ0) is 20.2. The molecule has 0 aromatic heterocycles. The Morgan fingerprint density at radius 2 is 1.77 bits per heavy atom. The highest BCUT2D eigenvalue weighted by Gasteiger charge is 2.17. The quantitative estimate of drug-likeness (QED) is 0.574. The van der Waals surface area contributed by atoms with Crippen LogP contribution in [0.5, 0.6) is 17.2 Å². The Bertz CT molecular complexity index is 1010. The van der Waals surface area contributed by atoms with Gasteiger partial charge in [0.1, 0.15) is 19.0 Å². The molecule has 1 aliphatic heterocycles. The Hall–Kier alpha value is -2.89.